The normalized spacial score (nSPS) is 11.5. The maximum absolute atomic E-state index is 9.03. The Morgan fingerprint density at radius 1 is 0.538 bits per heavy atom. The van der Waals surface area contributed by atoms with E-state index in [1.165, 1.54) is 96.3 Å². The second kappa shape index (κ2) is 22.9. The molecule has 0 rings (SSSR count). The van der Waals surface area contributed by atoms with Crippen LogP contribution in [0.5, 0.6) is 0 Å². The zero-order chi connectivity index (χ0) is 19.1. The molecule has 0 aromatic carbocycles. The number of unbranched alkanes of at least 4 members (excludes halogenated alkanes) is 15. The molecule has 0 unspecified atom stereocenters. The van der Waals surface area contributed by atoms with Crippen LogP contribution in [0.3, 0.4) is 0 Å². The summed E-state index contributed by atoms with van der Waals surface area (Å²) in [7, 11) is 0. The van der Waals surface area contributed by atoms with Crippen LogP contribution in [0, 0.1) is 0 Å². The third-order valence-corrected chi connectivity index (χ3v) is 5.10. The summed E-state index contributed by atoms with van der Waals surface area (Å²) >= 11 is 0. The molecule has 0 aliphatic rings. The monoisotopic (exact) mass is 372 g/mol. The molecular weight excluding hydrogens is 324 g/mol. The quantitative estimate of drug-likeness (QED) is 0.184. The minimum absolute atomic E-state index is 0.140. The topological polar surface area (TPSA) is 55.7 Å². The third kappa shape index (κ3) is 20.2. The van der Waals surface area contributed by atoms with E-state index in [9.17, 15) is 0 Å². The fraction of sp³-hybridized carbons (Fsp3) is 1.00. The van der Waals surface area contributed by atoms with Gasteiger partial charge in [0.05, 0.1) is 13.2 Å². The molecule has 0 atom stereocenters. The summed E-state index contributed by atoms with van der Waals surface area (Å²) in [5.74, 6) is 0. The van der Waals surface area contributed by atoms with Crippen molar-refractivity contribution in [1.82, 2.24) is 10.4 Å². The van der Waals surface area contributed by atoms with Crippen molar-refractivity contribution in [3.05, 3.63) is 0 Å². The molecule has 0 aliphatic heterocycles. The molecule has 0 bridgehead atoms. The average Bonchev–Trinajstić information content (AvgIpc) is 2.65. The Kier molecular flexibility index (Phi) is 22.7. The Morgan fingerprint density at radius 3 is 1.35 bits per heavy atom. The van der Waals surface area contributed by atoms with Gasteiger partial charge in [0.2, 0.25) is 0 Å². The maximum Gasteiger partial charge on any atom is 0.0572 e. The Morgan fingerprint density at radius 2 is 0.962 bits per heavy atom. The number of aliphatic hydroxyl groups is 2. The Balaban J connectivity index is 3.18. The molecule has 0 aliphatic carbocycles. The van der Waals surface area contributed by atoms with E-state index in [0.717, 1.165) is 13.0 Å². The summed E-state index contributed by atoms with van der Waals surface area (Å²) in [6.45, 7) is 4.75. The van der Waals surface area contributed by atoms with Crippen molar-refractivity contribution < 1.29 is 10.2 Å². The van der Waals surface area contributed by atoms with Crippen LogP contribution in [0.2, 0.25) is 0 Å². The van der Waals surface area contributed by atoms with Gasteiger partial charge >= 0.3 is 0 Å². The van der Waals surface area contributed by atoms with Gasteiger partial charge in [-0.2, -0.15) is 0 Å². The lowest BCUT2D eigenvalue weighted by atomic mass is 10.0. The van der Waals surface area contributed by atoms with Gasteiger partial charge in [0.25, 0.3) is 0 Å². The summed E-state index contributed by atoms with van der Waals surface area (Å²) in [5.41, 5.74) is 3.15. The zero-order valence-corrected chi connectivity index (χ0v) is 17.7. The van der Waals surface area contributed by atoms with E-state index in [0.29, 0.717) is 13.1 Å². The van der Waals surface area contributed by atoms with Crippen molar-refractivity contribution in [3.8, 4) is 0 Å². The number of nitrogens with one attached hydrogen (secondary N) is 1. The fourth-order valence-corrected chi connectivity index (χ4v) is 3.45. The number of hydrogen-bond donors (Lipinski definition) is 3. The lowest BCUT2D eigenvalue weighted by Gasteiger charge is -2.21. The summed E-state index contributed by atoms with van der Waals surface area (Å²) in [5, 5.41) is 19.9. The van der Waals surface area contributed by atoms with Crippen LogP contribution in [0.1, 0.15) is 110 Å². The van der Waals surface area contributed by atoms with Crippen molar-refractivity contribution in [2.45, 2.75) is 110 Å². The number of aliphatic hydroxyl groups excluding tert-OH is 2. The molecule has 0 aromatic heterocycles. The molecule has 0 fully saturated rings. The van der Waals surface area contributed by atoms with E-state index in [1.54, 1.807) is 0 Å². The molecule has 0 radical (unpaired) electrons. The molecule has 4 nitrogen and oxygen atoms in total. The van der Waals surface area contributed by atoms with Gasteiger partial charge in [-0.15, -0.1) is 0 Å². The predicted octanol–water partition coefficient (Wildman–Crippen LogP) is 5.04. The second-order valence-corrected chi connectivity index (χ2v) is 7.65. The van der Waals surface area contributed by atoms with Crippen molar-refractivity contribution >= 4 is 0 Å². The minimum Gasteiger partial charge on any atom is -0.395 e. The Labute approximate surface area is 163 Å². The highest BCUT2D eigenvalue weighted by atomic mass is 16.3. The van der Waals surface area contributed by atoms with Gasteiger partial charge in [0.1, 0.15) is 0 Å². The summed E-state index contributed by atoms with van der Waals surface area (Å²) < 4.78 is 0. The highest BCUT2D eigenvalue weighted by molar-refractivity contribution is 4.54. The molecule has 158 valence electrons. The van der Waals surface area contributed by atoms with Gasteiger partial charge in [-0.25, -0.2) is 5.01 Å². The standard InChI is InChI=1S/C22H48N2O2/c1-2-3-4-5-6-7-8-9-10-11-12-13-14-15-16-17-19-24(20-22-26)23-18-21-25/h23,25-26H,2-22H2,1H3. The van der Waals surface area contributed by atoms with Gasteiger partial charge in [-0.05, 0) is 6.42 Å². The van der Waals surface area contributed by atoms with Gasteiger partial charge in [-0.3, -0.25) is 5.43 Å². The Bertz CT molecular complexity index is 252. The minimum atomic E-state index is 0.140. The van der Waals surface area contributed by atoms with Crippen molar-refractivity contribution in [1.29, 1.82) is 0 Å². The Hall–Kier alpha value is -0.160. The van der Waals surface area contributed by atoms with Crippen LogP contribution in [-0.4, -0.2) is 48.1 Å². The summed E-state index contributed by atoms with van der Waals surface area (Å²) in [6, 6.07) is 0. The molecule has 0 aromatic rings. The van der Waals surface area contributed by atoms with Crippen LogP contribution in [0.25, 0.3) is 0 Å². The lowest BCUT2D eigenvalue weighted by Crippen LogP contribution is -2.42. The first kappa shape index (κ1) is 25.8. The number of hydrogen-bond acceptors (Lipinski definition) is 4. The van der Waals surface area contributed by atoms with Crippen LogP contribution in [0.4, 0.5) is 0 Å². The first-order valence-electron chi connectivity index (χ1n) is 11.5. The number of nitrogens with zero attached hydrogens (tertiary/aromatic N) is 1. The molecule has 0 saturated carbocycles. The van der Waals surface area contributed by atoms with Gasteiger partial charge < -0.3 is 10.2 Å². The molecule has 0 saturated heterocycles. The van der Waals surface area contributed by atoms with E-state index in [4.69, 9.17) is 10.2 Å². The van der Waals surface area contributed by atoms with Gasteiger partial charge in [-0.1, -0.05) is 103 Å². The van der Waals surface area contributed by atoms with E-state index >= 15 is 0 Å². The molecule has 0 heterocycles. The second-order valence-electron chi connectivity index (χ2n) is 7.65. The largest absolute Gasteiger partial charge is 0.395 e. The zero-order valence-electron chi connectivity index (χ0n) is 17.7. The lowest BCUT2D eigenvalue weighted by molar-refractivity contribution is 0.127. The molecule has 26 heavy (non-hydrogen) atoms. The number of rotatable bonds is 22. The highest BCUT2D eigenvalue weighted by Gasteiger charge is 2.02. The number of hydrazine groups is 1. The van der Waals surface area contributed by atoms with Crippen molar-refractivity contribution in [2.24, 2.45) is 0 Å². The van der Waals surface area contributed by atoms with E-state index in [-0.39, 0.29) is 13.2 Å². The maximum atomic E-state index is 9.03. The van der Waals surface area contributed by atoms with Gasteiger partial charge in [0, 0.05) is 19.6 Å². The summed E-state index contributed by atoms with van der Waals surface area (Å²) in [6.07, 6.45) is 22.2. The summed E-state index contributed by atoms with van der Waals surface area (Å²) in [4.78, 5) is 0. The highest BCUT2D eigenvalue weighted by Crippen LogP contribution is 2.13. The first-order valence-corrected chi connectivity index (χ1v) is 11.5. The van der Waals surface area contributed by atoms with Crippen LogP contribution in [0.15, 0.2) is 0 Å². The SMILES string of the molecule is CCCCCCCCCCCCCCCCCCN(CCO)NCCO. The van der Waals surface area contributed by atoms with Crippen molar-refractivity contribution in [2.75, 3.05) is 32.8 Å². The molecule has 3 N–H and O–H groups in total. The molecule has 0 spiro atoms. The molecule has 0 amide bonds. The van der Waals surface area contributed by atoms with Crippen molar-refractivity contribution in [3.63, 3.8) is 0 Å². The van der Waals surface area contributed by atoms with Gasteiger partial charge in [0.15, 0.2) is 0 Å². The van der Waals surface area contributed by atoms with Crippen LogP contribution in [-0.2, 0) is 0 Å². The van der Waals surface area contributed by atoms with Crippen LogP contribution < -0.4 is 5.43 Å². The van der Waals surface area contributed by atoms with E-state index in [1.807, 2.05) is 5.01 Å². The van der Waals surface area contributed by atoms with E-state index in [2.05, 4.69) is 12.3 Å². The van der Waals surface area contributed by atoms with Crippen LogP contribution >= 0.6 is 0 Å². The first-order chi connectivity index (χ1) is 12.8. The smallest absolute Gasteiger partial charge is 0.0572 e. The molecule has 4 heteroatoms. The molecular formula is C22H48N2O2. The average molecular weight is 373 g/mol. The predicted molar refractivity (Wildman–Crippen MR) is 113 cm³/mol. The fourth-order valence-electron chi connectivity index (χ4n) is 3.45. The van der Waals surface area contributed by atoms with E-state index < -0.39 is 0 Å². The third-order valence-electron chi connectivity index (χ3n) is 5.10.